The van der Waals surface area contributed by atoms with Crippen LogP contribution >= 0.6 is 11.7 Å². The normalized spacial score (nSPS) is 14.0. The van der Waals surface area contributed by atoms with Crippen LogP contribution in [0.3, 0.4) is 0 Å². The van der Waals surface area contributed by atoms with Crippen LogP contribution in [0.2, 0.25) is 0 Å². The van der Waals surface area contributed by atoms with Crippen molar-refractivity contribution >= 4 is 45.2 Å². The van der Waals surface area contributed by atoms with Crippen LogP contribution in [-0.2, 0) is 12.8 Å². The zero-order chi connectivity index (χ0) is 31.2. The van der Waals surface area contributed by atoms with Gasteiger partial charge in [0.2, 0.25) is 0 Å². The Hall–Kier alpha value is -3.12. The van der Waals surface area contributed by atoms with Crippen LogP contribution in [0.5, 0.6) is 0 Å². The quantitative estimate of drug-likeness (QED) is 0.0919. The van der Waals surface area contributed by atoms with Crippen LogP contribution in [-0.4, -0.2) is 50.3 Å². The Morgan fingerprint density at radius 1 is 0.804 bits per heavy atom. The molecule has 0 saturated carbocycles. The first kappa shape index (κ1) is 34.2. The summed E-state index contributed by atoms with van der Waals surface area (Å²) in [7, 11) is 0. The van der Waals surface area contributed by atoms with E-state index in [4.69, 9.17) is 14.5 Å². The van der Waals surface area contributed by atoms with Crippen molar-refractivity contribution in [2.24, 2.45) is 5.34 Å². The minimum atomic E-state index is 0. The number of unbranched alkanes of at least 4 members (excludes halogenated alkanes) is 4. The molecule has 0 atom stereocenters. The smallest absolute Gasteiger partial charge is 0.444 e. The summed E-state index contributed by atoms with van der Waals surface area (Å²) >= 11 is 1.40. The van der Waals surface area contributed by atoms with E-state index in [0.717, 1.165) is 88.7 Å². The van der Waals surface area contributed by atoms with E-state index in [-0.39, 0.29) is 29.6 Å². The number of hydrogen-bond acceptors (Lipinski definition) is 10. The first-order valence-electron chi connectivity index (χ1n) is 16.4. The summed E-state index contributed by atoms with van der Waals surface area (Å²) in [6, 6.07) is 13.9. The number of fused-ring (bicyclic) bond motifs is 4. The van der Waals surface area contributed by atoms with Gasteiger partial charge in [-0.15, -0.1) is 15.5 Å². The van der Waals surface area contributed by atoms with E-state index >= 15 is 0 Å². The number of aromatic amines is 1. The van der Waals surface area contributed by atoms with Crippen molar-refractivity contribution in [2.45, 2.75) is 78.1 Å². The Morgan fingerprint density at radius 2 is 1.33 bits per heavy atom. The molecule has 12 heteroatoms. The van der Waals surface area contributed by atoms with Gasteiger partial charge in [0.25, 0.3) is 0 Å². The molecule has 0 saturated heterocycles. The standard InChI is InChI=1S/C34H41N7S.HNO2.Na/c1-3-5-7-17-40-19-9-11-23-21-25(13-15-27(23)40)29-31-32(36-39-35-31)30(34-33(29)37-42-38-34)26-14-16-28-24(22-26)12-10-20-41(28)18-8-6-4-2;2-1-3;/h13-16,21-22,37H,3-12,17-20H2,1-2H3;(H,2,3);/q;;+1/p-1. The fourth-order valence-electron chi connectivity index (χ4n) is 7.11. The van der Waals surface area contributed by atoms with E-state index in [1.54, 1.807) is 0 Å². The minimum Gasteiger partial charge on any atom is -0.444 e. The Balaban J connectivity index is 0.00000100. The van der Waals surface area contributed by atoms with E-state index in [2.05, 4.69) is 79.8 Å². The summed E-state index contributed by atoms with van der Waals surface area (Å²) in [6.45, 7) is 9.12. The third-order valence-electron chi connectivity index (χ3n) is 9.22. The average Bonchev–Trinajstić information content (AvgIpc) is 3.74. The van der Waals surface area contributed by atoms with Crippen LogP contribution in [0.1, 0.15) is 76.3 Å². The average molecular weight is 649 g/mol. The molecule has 3 aromatic carbocycles. The third kappa shape index (κ3) is 6.93. The number of aryl methyl sites for hydroxylation is 2. The van der Waals surface area contributed by atoms with Crippen LogP contribution < -0.4 is 39.4 Å². The van der Waals surface area contributed by atoms with Crippen molar-refractivity contribution < 1.29 is 29.6 Å². The van der Waals surface area contributed by atoms with Gasteiger partial charge in [-0.05, 0) is 90.3 Å². The number of aromatic nitrogens is 5. The molecule has 2 aliphatic heterocycles. The van der Waals surface area contributed by atoms with Gasteiger partial charge < -0.3 is 19.9 Å². The molecule has 236 valence electrons. The molecule has 0 fully saturated rings. The van der Waals surface area contributed by atoms with Gasteiger partial charge in [0, 0.05) is 60.4 Å². The third-order valence-corrected chi connectivity index (χ3v) is 9.79. The zero-order valence-electron chi connectivity index (χ0n) is 27.2. The van der Waals surface area contributed by atoms with E-state index in [9.17, 15) is 0 Å². The second kappa shape index (κ2) is 16.1. The van der Waals surface area contributed by atoms with Crippen molar-refractivity contribution in [3.05, 3.63) is 57.6 Å². The molecule has 0 bridgehead atoms. The molecule has 7 rings (SSSR count). The van der Waals surface area contributed by atoms with Crippen molar-refractivity contribution in [1.82, 2.24) is 24.2 Å². The molecule has 0 spiro atoms. The Kier molecular flexibility index (Phi) is 12.0. The zero-order valence-corrected chi connectivity index (χ0v) is 30.0. The molecule has 1 N–H and O–H groups in total. The minimum absolute atomic E-state index is 0. The molecule has 0 unspecified atom stereocenters. The molecule has 0 amide bonds. The summed E-state index contributed by atoms with van der Waals surface area (Å²) in [5, 5.41) is 22.4. The summed E-state index contributed by atoms with van der Waals surface area (Å²) in [6.07, 6.45) is 12.2. The van der Waals surface area contributed by atoms with E-state index in [1.807, 2.05) is 0 Å². The topological polar surface area (TPSA) is 126 Å². The number of nitrogens with zero attached hydrogens (tertiary/aromatic N) is 7. The number of H-pyrrole nitrogens is 1. The monoisotopic (exact) mass is 648 g/mol. The fourth-order valence-corrected chi connectivity index (χ4v) is 7.72. The van der Waals surface area contributed by atoms with Gasteiger partial charge in [0.1, 0.15) is 16.6 Å². The van der Waals surface area contributed by atoms with Gasteiger partial charge >= 0.3 is 29.6 Å². The number of rotatable bonds is 10. The predicted molar refractivity (Wildman–Crippen MR) is 185 cm³/mol. The van der Waals surface area contributed by atoms with Gasteiger partial charge in [-0.25, -0.2) is 0 Å². The first-order valence-corrected chi connectivity index (χ1v) is 17.2. The molecule has 2 aromatic heterocycles. The maximum atomic E-state index is 8.00. The van der Waals surface area contributed by atoms with Crippen LogP contribution in [0.25, 0.3) is 44.3 Å². The molecular formula is C34H41N8NaO2S. The number of hydrogen-bond donors (Lipinski definition) is 1. The fraction of sp³-hybridized carbons (Fsp3) is 0.471. The Bertz CT molecular complexity index is 1600. The number of anilines is 2. The molecule has 5 aromatic rings. The van der Waals surface area contributed by atoms with Gasteiger partial charge in [0.15, 0.2) is 0 Å². The molecule has 46 heavy (non-hydrogen) atoms. The van der Waals surface area contributed by atoms with Crippen molar-refractivity contribution in [1.29, 1.82) is 0 Å². The van der Waals surface area contributed by atoms with Gasteiger partial charge in [-0.2, -0.15) is 4.37 Å². The SMILES string of the molecule is CCCCCN1CCCc2cc(-c3c4nnnc4c(-c4ccc5c(c4)CCCN5CCCCC)c4[nH]snc34)ccc21.O=N[O-].[Na+]. The maximum absolute atomic E-state index is 8.00. The van der Waals surface area contributed by atoms with Crippen LogP contribution in [0, 0.1) is 10.1 Å². The number of benzene rings is 3. The van der Waals surface area contributed by atoms with Crippen molar-refractivity contribution in [3.63, 3.8) is 0 Å². The molecule has 0 radical (unpaired) electrons. The van der Waals surface area contributed by atoms with E-state index in [1.165, 1.54) is 85.6 Å². The van der Waals surface area contributed by atoms with Crippen LogP contribution in [0.15, 0.2) is 41.7 Å². The van der Waals surface area contributed by atoms with Gasteiger partial charge in [-0.1, -0.05) is 51.7 Å². The predicted octanol–water partition coefficient (Wildman–Crippen LogP) is 5.44. The van der Waals surface area contributed by atoms with E-state index < -0.39 is 0 Å². The van der Waals surface area contributed by atoms with Gasteiger partial charge in [-0.3, -0.25) is 4.37 Å². The number of nitrogens with one attached hydrogen (secondary N) is 1. The molecule has 10 nitrogen and oxygen atoms in total. The molecule has 4 heterocycles. The molecule has 2 aliphatic rings. The summed E-state index contributed by atoms with van der Waals surface area (Å²) < 4.78 is 8.42. The Morgan fingerprint density at radius 3 is 1.87 bits per heavy atom. The first-order chi connectivity index (χ1) is 22.2. The largest absolute Gasteiger partial charge is 1.00 e. The summed E-state index contributed by atoms with van der Waals surface area (Å²) in [5.74, 6) is 0. The second-order valence-electron chi connectivity index (χ2n) is 12.1. The second-order valence-corrected chi connectivity index (χ2v) is 12.7. The van der Waals surface area contributed by atoms with Crippen molar-refractivity contribution in [3.8, 4) is 22.3 Å². The van der Waals surface area contributed by atoms with Crippen molar-refractivity contribution in [2.75, 3.05) is 36.0 Å². The summed E-state index contributed by atoms with van der Waals surface area (Å²) in [4.78, 5) is 13.2. The van der Waals surface area contributed by atoms with Crippen LogP contribution in [0.4, 0.5) is 11.4 Å². The molecular weight excluding hydrogens is 607 g/mol. The molecule has 0 aliphatic carbocycles. The summed E-state index contributed by atoms with van der Waals surface area (Å²) in [5.41, 5.74) is 13.7. The Labute approximate surface area is 296 Å². The maximum Gasteiger partial charge on any atom is 1.00 e. The van der Waals surface area contributed by atoms with E-state index in [0.29, 0.717) is 0 Å². The van der Waals surface area contributed by atoms with Gasteiger partial charge in [0.05, 0.1) is 5.52 Å².